The summed E-state index contributed by atoms with van der Waals surface area (Å²) in [6.07, 6.45) is 1.58. The van der Waals surface area contributed by atoms with Crippen molar-refractivity contribution in [3.05, 3.63) is 64.1 Å². The average Bonchev–Trinajstić information content (AvgIpc) is 3.29. The van der Waals surface area contributed by atoms with Crippen molar-refractivity contribution < 1.29 is 32.6 Å². The fraction of sp³-hybridized carbons (Fsp3) is 0.150. The van der Waals surface area contributed by atoms with E-state index in [-0.39, 0.29) is 30.4 Å². The molecule has 0 spiro atoms. The minimum atomic E-state index is -1.14. The first kappa shape index (κ1) is 19.9. The molecule has 0 atom stereocenters. The highest BCUT2D eigenvalue weighted by Gasteiger charge is 2.34. The summed E-state index contributed by atoms with van der Waals surface area (Å²) in [6, 6.07) is 7.93. The van der Waals surface area contributed by atoms with Gasteiger partial charge in [-0.15, -0.1) is 0 Å². The molecule has 2 aromatic carbocycles. The lowest BCUT2D eigenvalue weighted by atomic mass is 10.2. The van der Waals surface area contributed by atoms with Crippen LogP contribution < -0.4 is 14.8 Å². The van der Waals surface area contributed by atoms with Crippen molar-refractivity contribution in [1.82, 2.24) is 10.2 Å². The number of amides is 3. The highest BCUT2D eigenvalue weighted by Crippen LogP contribution is 2.36. The molecule has 4 rings (SSSR count). The second-order valence-corrected chi connectivity index (χ2v) is 7.32. The van der Waals surface area contributed by atoms with E-state index in [1.165, 1.54) is 0 Å². The molecule has 0 bridgehead atoms. The molecule has 154 valence electrons. The van der Waals surface area contributed by atoms with E-state index in [4.69, 9.17) is 9.47 Å². The molecule has 0 aliphatic carbocycles. The third-order valence-electron chi connectivity index (χ3n) is 4.37. The van der Waals surface area contributed by atoms with Crippen LogP contribution in [0.5, 0.6) is 11.5 Å². The van der Waals surface area contributed by atoms with Gasteiger partial charge in [0.1, 0.15) is 0 Å². The van der Waals surface area contributed by atoms with Crippen molar-refractivity contribution in [2.75, 3.05) is 19.9 Å². The van der Waals surface area contributed by atoms with Crippen molar-refractivity contribution in [2.45, 2.75) is 0 Å². The fourth-order valence-electron chi connectivity index (χ4n) is 2.87. The Morgan fingerprint density at radius 3 is 2.70 bits per heavy atom. The van der Waals surface area contributed by atoms with Crippen molar-refractivity contribution in [3.8, 4) is 11.5 Å². The van der Waals surface area contributed by atoms with Crippen LogP contribution in [0.1, 0.15) is 15.9 Å². The molecule has 7 nitrogen and oxygen atoms in total. The van der Waals surface area contributed by atoms with Gasteiger partial charge in [-0.3, -0.25) is 19.3 Å². The second-order valence-electron chi connectivity index (χ2n) is 6.33. The number of hydrogen-bond acceptors (Lipinski definition) is 6. The minimum Gasteiger partial charge on any atom is -0.454 e. The predicted molar refractivity (Wildman–Crippen MR) is 104 cm³/mol. The normalized spacial score (nSPS) is 16.5. The van der Waals surface area contributed by atoms with E-state index >= 15 is 0 Å². The number of benzene rings is 2. The van der Waals surface area contributed by atoms with E-state index in [0.29, 0.717) is 17.1 Å². The molecule has 0 aromatic heterocycles. The van der Waals surface area contributed by atoms with Crippen LogP contribution in [-0.4, -0.2) is 41.8 Å². The number of rotatable bonds is 5. The van der Waals surface area contributed by atoms with Crippen LogP contribution in [0.2, 0.25) is 0 Å². The molecule has 0 unspecified atom stereocenters. The third kappa shape index (κ3) is 3.99. The lowest BCUT2D eigenvalue weighted by molar-refractivity contribution is -0.122. The molecule has 2 heterocycles. The largest absolute Gasteiger partial charge is 0.454 e. The maximum atomic E-state index is 13.2. The summed E-state index contributed by atoms with van der Waals surface area (Å²) in [5, 5.41) is 2.01. The quantitative estimate of drug-likeness (QED) is 0.731. The minimum absolute atomic E-state index is 0.0346. The van der Waals surface area contributed by atoms with Gasteiger partial charge in [0.25, 0.3) is 17.1 Å². The van der Waals surface area contributed by atoms with Crippen LogP contribution in [0.15, 0.2) is 41.3 Å². The summed E-state index contributed by atoms with van der Waals surface area (Å²) < 4.78 is 36.7. The van der Waals surface area contributed by atoms with Gasteiger partial charge in [0.15, 0.2) is 23.1 Å². The number of fused-ring (bicyclic) bond motifs is 1. The van der Waals surface area contributed by atoms with Crippen LogP contribution in [0.4, 0.5) is 13.6 Å². The summed E-state index contributed by atoms with van der Waals surface area (Å²) in [5.74, 6) is -2.15. The average molecular weight is 432 g/mol. The number of ether oxygens (including phenoxy) is 2. The molecule has 3 amide bonds. The Hall–Kier alpha value is -3.40. The molecule has 0 radical (unpaired) electrons. The van der Waals surface area contributed by atoms with Gasteiger partial charge in [0.05, 0.1) is 4.91 Å². The number of halogens is 2. The van der Waals surface area contributed by atoms with E-state index in [1.54, 1.807) is 24.3 Å². The van der Waals surface area contributed by atoms with Gasteiger partial charge in [-0.05, 0) is 53.7 Å². The summed E-state index contributed by atoms with van der Waals surface area (Å²) in [4.78, 5) is 38.0. The smallest absolute Gasteiger partial charge is 0.293 e. The third-order valence-corrected chi connectivity index (χ3v) is 5.28. The first-order chi connectivity index (χ1) is 14.4. The SMILES string of the molecule is O=C(NCCN1C(=O)S/C(=C\c2ccc3c(c2)OCO3)C1=O)c1ccc(F)c(F)c1. The zero-order chi connectivity index (χ0) is 21.3. The topological polar surface area (TPSA) is 84.9 Å². The van der Waals surface area contributed by atoms with Gasteiger partial charge < -0.3 is 14.8 Å². The monoisotopic (exact) mass is 432 g/mol. The van der Waals surface area contributed by atoms with Gasteiger partial charge >= 0.3 is 0 Å². The molecule has 2 aliphatic heterocycles. The van der Waals surface area contributed by atoms with Crippen molar-refractivity contribution >= 4 is 34.9 Å². The number of nitrogens with zero attached hydrogens (tertiary/aromatic N) is 1. The molecule has 1 fully saturated rings. The molecule has 1 N–H and O–H groups in total. The maximum absolute atomic E-state index is 13.2. The Balaban J connectivity index is 1.37. The molecule has 2 aromatic rings. The lowest BCUT2D eigenvalue weighted by Crippen LogP contribution is -2.37. The van der Waals surface area contributed by atoms with Crippen LogP contribution >= 0.6 is 11.8 Å². The predicted octanol–water partition coefficient (Wildman–Crippen LogP) is 3.16. The number of carbonyl (C=O) groups excluding carboxylic acids is 3. The van der Waals surface area contributed by atoms with E-state index in [2.05, 4.69) is 5.32 Å². The summed E-state index contributed by atoms with van der Waals surface area (Å²) in [5.41, 5.74) is 0.613. The van der Waals surface area contributed by atoms with Crippen LogP contribution in [0.25, 0.3) is 6.08 Å². The van der Waals surface area contributed by atoms with Crippen molar-refractivity contribution in [2.24, 2.45) is 0 Å². The Morgan fingerprint density at radius 1 is 1.10 bits per heavy atom. The van der Waals surface area contributed by atoms with Crippen molar-refractivity contribution in [1.29, 1.82) is 0 Å². The van der Waals surface area contributed by atoms with E-state index < -0.39 is 28.7 Å². The van der Waals surface area contributed by atoms with Crippen LogP contribution in [0, 0.1) is 11.6 Å². The van der Waals surface area contributed by atoms with Crippen LogP contribution in [-0.2, 0) is 4.79 Å². The fourth-order valence-corrected chi connectivity index (χ4v) is 3.73. The van der Waals surface area contributed by atoms with Crippen molar-refractivity contribution in [3.63, 3.8) is 0 Å². The molecule has 1 saturated heterocycles. The lowest BCUT2D eigenvalue weighted by Gasteiger charge is -2.13. The summed E-state index contributed by atoms with van der Waals surface area (Å²) >= 11 is 0.791. The molecule has 0 saturated carbocycles. The van der Waals surface area contributed by atoms with E-state index in [9.17, 15) is 23.2 Å². The zero-order valence-corrected chi connectivity index (χ0v) is 16.1. The Bertz CT molecular complexity index is 1090. The summed E-state index contributed by atoms with van der Waals surface area (Å²) in [7, 11) is 0. The first-order valence-corrected chi connectivity index (χ1v) is 9.62. The number of hydrogen-bond donors (Lipinski definition) is 1. The highest BCUT2D eigenvalue weighted by atomic mass is 32.2. The van der Waals surface area contributed by atoms with E-state index in [1.807, 2.05) is 0 Å². The Morgan fingerprint density at radius 2 is 1.90 bits per heavy atom. The molecular weight excluding hydrogens is 418 g/mol. The number of nitrogens with one attached hydrogen (secondary N) is 1. The Labute approximate surface area is 173 Å². The van der Waals surface area contributed by atoms with Gasteiger partial charge in [-0.2, -0.15) is 0 Å². The standard InChI is InChI=1S/C20H14F2N2O5S/c21-13-3-2-12(9-14(13)22)18(25)23-5-6-24-19(26)17(30-20(24)27)8-11-1-4-15-16(7-11)29-10-28-15/h1-4,7-9H,5-6,10H2,(H,23,25)/b17-8-. The maximum Gasteiger partial charge on any atom is 0.293 e. The van der Waals surface area contributed by atoms with Gasteiger partial charge in [0, 0.05) is 18.7 Å². The van der Waals surface area contributed by atoms with Gasteiger partial charge in [0.2, 0.25) is 6.79 Å². The van der Waals surface area contributed by atoms with Crippen LogP contribution in [0.3, 0.4) is 0 Å². The molecule has 10 heteroatoms. The molecule has 30 heavy (non-hydrogen) atoms. The summed E-state index contributed by atoms with van der Waals surface area (Å²) in [6.45, 7) is 0.0390. The highest BCUT2D eigenvalue weighted by molar-refractivity contribution is 8.18. The van der Waals surface area contributed by atoms with Gasteiger partial charge in [-0.1, -0.05) is 6.07 Å². The number of thioether (sulfide) groups is 1. The Kier molecular flexibility index (Phi) is 5.40. The number of imide groups is 1. The molecule has 2 aliphatic rings. The second kappa shape index (κ2) is 8.15. The van der Waals surface area contributed by atoms with Gasteiger partial charge in [-0.25, -0.2) is 8.78 Å². The first-order valence-electron chi connectivity index (χ1n) is 8.80. The zero-order valence-electron chi connectivity index (χ0n) is 15.3. The molecular formula is C20H14F2N2O5S. The number of carbonyl (C=O) groups is 3. The van der Waals surface area contributed by atoms with E-state index in [0.717, 1.165) is 34.9 Å².